The summed E-state index contributed by atoms with van der Waals surface area (Å²) in [5.41, 5.74) is 1.85. The lowest BCUT2D eigenvalue weighted by atomic mass is 9.98. The van der Waals surface area contributed by atoms with Crippen LogP contribution in [-0.2, 0) is 10.0 Å². The Balaban J connectivity index is 1.81. The van der Waals surface area contributed by atoms with Gasteiger partial charge in [-0.05, 0) is 42.8 Å². The van der Waals surface area contributed by atoms with Gasteiger partial charge in [0.25, 0.3) is 0 Å². The van der Waals surface area contributed by atoms with E-state index in [1.807, 2.05) is 6.92 Å². The molecule has 0 aliphatic carbocycles. The highest BCUT2D eigenvalue weighted by Crippen LogP contribution is 2.42. The molecule has 6 nitrogen and oxygen atoms in total. The number of aromatic hydroxyl groups is 1. The number of phenolic OH excluding ortho intramolecular Hbond substituents is 1. The summed E-state index contributed by atoms with van der Waals surface area (Å²) in [5.74, 6) is 0.711. The van der Waals surface area contributed by atoms with Crippen LogP contribution in [0.1, 0.15) is 22.7 Å². The number of rotatable bonds is 5. The largest absolute Gasteiger partial charge is 0.507 e. The first-order valence-corrected chi connectivity index (χ1v) is 10.7. The van der Waals surface area contributed by atoms with E-state index in [2.05, 4.69) is 4.72 Å². The molecular formula is C21H18ClNO5S. The van der Waals surface area contributed by atoms with Crippen molar-refractivity contribution in [1.29, 1.82) is 0 Å². The number of benzene rings is 3. The van der Waals surface area contributed by atoms with Crippen molar-refractivity contribution >= 4 is 21.6 Å². The summed E-state index contributed by atoms with van der Waals surface area (Å²) >= 11 is 6.13. The highest BCUT2D eigenvalue weighted by molar-refractivity contribution is 7.89. The number of fused-ring (bicyclic) bond motifs is 1. The molecular weight excluding hydrogens is 414 g/mol. The number of sulfonamides is 1. The lowest BCUT2D eigenvalue weighted by Gasteiger charge is -2.21. The molecule has 150 valence electrons. The molecule has 1 atom stereocenters. The highest BCUT2D eigenvalue weighted by Gasteiger charge is 2.28. The molecule has 0 saturated carbocycles. The quantitative estimate of drug-likeness (QED) is 0.633. The van der Waals surface area contributed by atoms with Crippen LogP contribution in [0.3, 0.4) is 0 Å². The Bertz CT molecular complexity index is 1160. The molecule has 4 rings (SSSR count). The Morgan fingerprint density at radius 1 is 1.03 bits per heavy atom. The minimum Gasteiger partial charge on any atom is -0.507 e. The van der Waals surface area contributed by atoms with Gasteiger partial charge in [0.1, 0.15) is 5.75 Å². The number of halogens is 1. The minimum absolute atomic E-state index is 0.0369. The summed E-state index contributed by atoms with van der Waals surface area (Å²) < 4.78 is 39.4. The molecule has 2 N–H and O–H groups in total. The van der Waals surface area contributed by atoms with Crippen molar-refractivity contribution in [2.45, 2.75) is 17.9 Å². The van der Waals surface area contributed by atoms with Crippen LogP contribution in [0.2, 0.25) is 5.02 Å². The first-order valence-electron chi connectivity index (χ1n) is 8.80. The molecule has 1 unspecified atom stereocenters. The predicted molar refractivity (Wildman–Crippen MR) is 109 cm³/mol. The average molecular weight is 432 g/mol. The standard InChI is InChI=1S/C21H18ClNO5S/c1-13-5-7-16(8-6-13)29(25,26)23-21(14-3-2-4-15(22)9-14)17-10-19-20(11-18(17)24)28-12-27-19/h2-11,21,23-24H,12H2,1H3. The minimum atomic E-state index is -3.89. The predicted octanol–water partition coefficient (Wildman–Crippen LogP) is 4.15. The van der Waals surface area contributed by atoms with E-state index in [4.69, 9.17) is 21.1 Å². The van der Waals surface area contributed by atoms with Gasteiger partial charge < -0.3 is 14.6 Å². The number of phenols is 1. The van der Waals surface area contributed by atoms with E-state index in [0.717, 1.165) is 5.56 Å². The van der Waals surface area contributed by atoms with Crippen LogP contribution in [0.15, 0.2) is 65.6 Å². The van der Waals surface area contributed by atoms with Gasteiger partial charge in [-0.2, -0.15) is 4.72 Å². The zero-order valence-electron chi connectivity index (χ0n) is 15.4. The smallest absolute Gasteiger partial charge is 0.241 e. The molecule has 1 aliphatic rings. The van der Waals surface area contributed by atoms with Crippen LogP contribution >= 0.6 is 11.6 Å². The van der Waals surface area contributed by atoms with E-state index >= 15 is 0 Å². The summed E-state index contributed by atoms with van der Waals surface area (Å²) in [6.07, 6.45) is 0. The molecule has 3 aromatic rings. The van der Waals surface area contributed by atoms with E-state index in [1.165, 1.54) is 18.2 Å². The van der Waals surface area contributed by atoms with Gasteiger partial charge in [-0.3, -0.25) is 0 Å². The zero-order chi connectivity index (χ0) is 20.6. The highest BCUT2D eigenvalue weighted by atomic mass is 35.5. The second-order valence-corrected chi connectivity index (χ2v) is 8.84. The molecule has 1 aliphatic heterocycles. The lowest BCUT2D eigenvalue weighted by Crippen LogP contribution is -2.29. The Labute approximate surface area is 173 Å². The molecule has 8 heteroatoms. The van der Waals surface area contributed by atoms with Crippen LogP contribution < -0.4 is 14.2 Å². The van der Waals surface area contributed by atoms with E-state index in [0.29, 0.717) is 27.6 Å². The van der Waals surface area contributed by atoms with Crippen molar-refractivity contribution in [3.8, 4) is 17.2 Å². The Hall–Kier alpha value is -2.74. The van der Waals surface area contributed by atoms with Gasteiger partial charge in [-0.25, -0.2) is 8.42 Å². The summed E-state index contributed by atoms with van der Waals surface area (Å²) in [5, 5.41) is 11.0. The molecule has 0 saturated heterocycles. The van der Waals surface area contributed by atoms with Crippen LogP contribution in [0.4, 0.5) is 0 Å². The van der Waals surface area contributed by atoms with Crippen molar-refractivity contribution in [3.63, 3.8) is 0 Å². The maximum Gasteiger partial charge on any atom is 0.241 e. The number of nitrogens with one attached hydrogen (secondary N) is 1. The fourth-order valence-electron chi connectivity index (χ4n) is 3.12. The third-order valence-corrected chi connectivity index (χ3v) is 6.29. The summed E-state index contributed by atoms with van der Waals surface area (Å²) in [6, 6.07) is 15.4. The molecule has 0 bridgehead atoms. The first-order chi connectivity index (χ1) is 13.8. The van der Waals surface area contributed by atoms with Gasteiger partial charge in [0.15, 0.2) is 11.5 Å². The van der Waals surface area contributed by atoms with Crippen molar-refractivity contribution in [3.05, 3.63) is 82.4 Å². The van der Waals surface area contributed by atoms with Crippen LogP contribution in [-0.4, -0.2) is 20.3 Å². The van der Waals surface area contributed by atoms with E-state index in [9.17, 15) is 13.5 Å². The number of hydrogen-bond donors (Lipinski definition) is 2. The Kier molecular flexibility index (Phi) is 5.12. The fraction of sp³-hybridized carbons (Fsp3) is 0.143. The molecule has 0 radical (unpaired) electrons. The monoisotopic (exact) mass is 431 g/mol. The van der Waals surface area contributed by atoms with E-state index < -0.39 is 16.1 Å². The maximum atomic E-state index is 13.0. The summed E-state index contributed by atoms with van der Waals surface area (Å²) in [6.45, 7) is 1.92. The first kappa shape index (κ1) is 19.6. The van der Waals surface area contributed by atoms with Crippen molar-refractivity contribution in [2.24, 2.45) is 0 Å². The lowest BCUT2D eigenvalue weighted by molar-refractivity contribution is 0.174. The van der Waals surface area contributed by atoms with Gasteiger partial charge in [-0.1, -0.05) is 41.4 Å². The molecule has 0 fully saturated rings. The van der Waals surface area contributed by atoms with Gasteiger partial charge in [0.05, 0.1) is 10.9 Å². The summed E-state index contributed by atoms with van der Waals surface area (Å²) in [7, 11) is -3.89. The molecule has 1 heterocycles. The van der Waals surface area contributed by atoms with Crippen LogP contribution in [0.5, 0.6) is 17.2 Å². The molecule has 0 spiro atoms. The third kappa shape index (κ3) is 4.03. The number of aryl methyl sites for hydroxylation is 1. The van der Waals surface area contributed by atoms with E-state index in [-0.39, 0.29) is 17.4 Å². The molecule has 0 aromatic heterocycles. The second-order valence-electron chi connectivity index (χ2n) is 6.69. The van der Waals surface area contributed by atoms with E-state index in [1.54, 1.807) is 42.5 Å². The number of hydrogen-bond acceptors (Lipinski definition) is 5. The van der Waals surface area contributed by atoms with Crippen molar-refractivity contribution in [2.75, 3.05) is 6.79 Å². The topological polar surface area (TPSA) is 84.9 Å². The van der Waals surface area contributed by atoms with Crippen LogP contribution in [0, 0.1) is 6.92 Å². The average Bonchev–Trinajstić information content (AvgIpc) is 3.13. The van der Waals surface area contributed by atoms with Gasteiger partial charge in [0, 0.05) is 16.7 Å². The maximum absolute atomic E-state index is 13.0. The Morgan fingerprint density at radius 3 is 2.41 bits per heavy atom. The van der Waals surface area contributed by atoms with Gasteiger partial charge >= 0.3 is 0 Å². The SMILES string of the molecule is Cc1ccc(S(=O)(=O)NC(c2cccc(Cl)c2)c2cc3c(cc2O)OCO3)cc1. The van der Waals surface area contributed by atoms with Crippen LogP contribution in [0.25, 0.3) is 0 Å². The third-order valence-electron chi connectivity index (χ3n) is 4.62. The molecule has 0 amide bonds. The normalized spacial score (nSPS) is 14.0. The summed E-state index contributed by atoms with van der Waals surface area (Å²) in [4.78, 5) is 0.121. The fourth-order valence-corrected chi connectivity index (χ4v) is 4.52. The zero-order valence-corrected chi connectivity index (χ0v) is 17.0. The van der Waals surface area contributed by atoms with Crippen molar-refractivity contribution < 1.29 is 23.0 Å². The molecule has 3 aromatic carbocycles. The second kappa shape index (κ2) is 7.59. The Morgan fingerprint density at radius 2 is 1.72 bits per heavy atom. The van der Waals surface area contributed by atoms with Gasteiger partial charge in [-0.15, -0.1) is 0 Å². The van der Waals surface area contributed by atoms with Crippen molar-refractivity contribution in [1.82, 2.24) is 4.72 Å². The van der Waals surface area contributed by atoms with Gasteiger partial charge in [0.2, 0.25) is 16.8 Å². The number of ether oxygens (including phenoxy) is 2. The molecule has 29 heavy (non-hydrogen) atoms.